The van der Waals surface area contributed by atoms with E-state index < -0.39 is 6.43 Å². The number of amides is 1. The van der Waals surface area contributed by atoms with Crippen LogP contribution in [-0.2, 0) is 11.3 Å². The minimum absolute atomic E-state index is 0.0928. The summed E-state index contributed by atoms with van der Waals surface area (Å²) < 4.78 is 27.1. The number of nitrogens with zero attached hydrogens (tertiary/aromatic N) is 2. The van der Waals surface area contributed by atoms with Gasteiger partial charge < -0.3 is 5.32 Å². The van der Waals surface area contributed by atoms with Crippen molar-refractivity contribution in [1.82, 2.24) is 9.78 Å². The molecule has 0 atom stereocenters. The van der Waals surface area contributed by atoms with Crippen molar-refractivity contribution in [3.63, 3.8) is 0 Å². The smallest absolute Gasteiger partial charge is 0.282 e. The van der Waals surface area contributed by atoms with E-state index in [1.54, 1.807) is 18.2 Å². The summed E-state index contributed by atoms with van der Waals surface area (Å²) in [5.74, 6) is -0.0862. The lowest BCUT2D eigenvalue weighted by atomic mass is 10.2. The maximum absolute atomic E-state index is 12.8. The fourth-order valence-corrected chi connectivity index (χ4v) is 2.62. The second-order valence-corrected chi connectivity index (χ2v) is 6.17. The van der Waals surface area contributed by atoms with Crippen LogP contribution in [0.1, 0.15) is 42.1 Å². The van der Waals surface area contributed by atoms with E-state index in [1.807, 2.05) is 6.92 Å². The third-order valence-corrected chi connectivity index (χ3v) is 4.05. The molecule has 0 bridgehead atoms. The Morgan fingerprint density at radius 2 is 2.17 bits per heavy atom. The first-order valence-electron chi connectivity index (χ1n) is 7.36. The highest BCUT2D eigenvalue weighted by molar-refractivity contribution is 6.31. The number of hydrogen-bond donors (Lipinski definition) is 1. The van der Waals surface area contributed by atoms with E-state index in [0.717, 1.165) is 18.4 Å². The topological polar surface area (TPSA) is 46.9 Å². The number of aromatic nitrogens is 2. The number of benzene rings is 1. The standard InChI is InChI=1S/C16H16ClF2N3O/c1-9-2-5-11(17)6-12(9)20-15(23)8-22-14(10-3-4-10)7-13(21-22)16(18)19/h2,5-7,10,16H,3-4,8H2,1H3,(H,20,23). The van der Waals surface area contributed by atoms with E-state index in [0.29, 0.717) is 16.4 Å². The second-order valence-electron chi connectivity index (χ2n) is 5.73. The normalized spacial score (nSPS) is 14.3. The molecule has 1 aromatic heterocycles. The molecule has 1 aromatic carbocycles. The Balaban J connectivity index is 1.76. The van der Waals surface area contributed by atoms with Crippen LogP contribution in [0.5, 0.6) is 0 Å². The van der Waals surface area contributed by atoms with Gasteiger partial charge in [-0.05, 0) is 43.5 Å². The third-order valence-electron chi connectivity index (χ3n) is 3.82. The molecule has 1 aliphatic rings. The number of carbonyl (C=O) groups excluding carboxylic acids is 1. The highest BCUT2D eigenvalue weighted by Gasteiger charge is 2.30. The van der Waals surface area contributed by atoms with Crippen molar-refractivity contribution < 1.29 is 13.6 Å². The highest BCUT2D eigenvalue weighted by atomic mass is 35.5. The first-order chi connectivity index (χ1) is 10.9. The lowest BCUT2D eigenvalue weighted by Gasteiger charge is -2.10. The van der Waals surface area contributed by atoms with Crippen molar-refractivity contribution in [2.45, 2.75) is 38.7 Å². The molecule has 0 saturated heterocycles. The maximum atomic E-state index is 12.8. The lowest BCUT2D eigenvalue weighted by molar-refractivity contribution is -0.117. The van der Waals surface area contributed by atoms with Gasteiger partial charge in [-0.25, -0.2) is 8.78 Å². The van der Waals surface area contributed by atoms with Crippen molar-refractivity contribution in [3.8, 4) is 0 Å². The van der Waals surface area contributed by atoms with Gasteiger partial charge in [0, 0.05) is 22.3 Å². The molecule has 3 rings (SSSR count). The molecule has 0 aliphatic heterocycles. The summed E-state index contributed by atoms with van der Waals surface area (Å²) in [6.07, 6.45) is -0.737. The maximum Gasteiger partial charge on any atom is 0.282 e. The zero-order valence-electron chi connectivity index (χ0n) is 12.5. The van der Waals surface area contributed by atoms with Crippen molar-refractivity contribution in [2.24, 2.45) is 0 Å². The molecule has 1 amide bonds. The average Bonchev–Trinajstić information content (AvgIpc) is 3.24. The fourth-order valence-electron chi connectivity index (χ4n) is 2.45. The molecule has 1 heterocycles. The van der Waals surface area contributed by atoms with E-state index in [-0.39, 0.29) is 24.1 Å². The molecule has 4 nitrogen and oxygen atoms in total. The molecule has 0 spiro atoms. The average molecular weight is 340 g/mol. The number of rotatable bonds is 5. The van der Waals surface area contributed by atoms with E-state index >= 15 is 0 Å². The Bertz CT molecular complexity index is 741. The van der Waals surface area contributed by atoms with Crippen LogP contribution in [0.25, 0.3) is 0 Å². The van der Waals surface area contributed by atoms with Crippen molar-refractivity contribution in [3.05, 3.63) is 46.2 Å². The molecule has 0 unspecified atom stereocenters. The summed E-state index contributed by atoms with van der Waals surface area (Å²) >= 11 is 5.92. The van der Waals surface area contributed by atoms with Crippen LogP contribution in [0.3, 0.4) is 0 Å². The van der Waals surface area contributed by atoms with Gasteiger partial charge in [0.1, 0.15) is 12.2 Å². The molecule has 1 saturated carbocycles. The van der Waals surface area contributed by atoms with Gasteiger partial charge in [0.25, 0.3) is 6.43 Å². The molecule has 7 heteroatoms. The predicted octanol–water partition coefficient (Wildman–Crippen LogP) is 4.30. The van der Waals surface area contributed by atoms with Crippen LogP contribution in [-0.4, -0.2) is 15.7 Å². The molecular formula is C16H16ClF2N3O. The summed E-state index contributed by atoms with van der Waals surface area (Å²) in [5, 5.41) is 7.14. The van der Waals surface area contributed by atoms with Crippen LogP contribution in [0.2, 0.25) is 5.02 Å². The first-order valence-corrected chi connectivity index (χ1v) is 7.73. The largest absolute Gasteiger partial charge is 0.324 e. The van der Waals surface area contributed by atoms with Crippen LogP contribution in [0.15, 0.2) is 24.3 Å². The summed E-state index contributed by atoms with van der Waals surface area (Å²) in [6.45, 7) is 1.76. The number of aryl methyl sites for hydroxylation is 1. The van der Waals surface area contributed by atoms with Gasteiger partial charge >= 0.3 is 0 Å². The monoisotopic (exact) mass is 339 g/mol. The molecule has 1 N–H and O–H groups in total. The van der Waals surface area contributed by atoms with Gasteiger partial charge in [-0.15, -0.1) is 0 Å². The molecule has 1 aliphatic carbocycles. The lowest BCUT2D eigenvalue weighted by Crippen LogP contribution is -2.21. The Kier molecular flexibility index (Phi) is 4.35. The summed E-state index contributed by atoms with van der Waals surface area (Å²) in [4.78, 5) is 12.2. The Labute approximate surface area is 137 Å². The Morgan fingerprint density at radius 1 is 1.43 bits per heavy atom. The number of anilines is 1. The molecule has 23 heavy (non-hydrogen) atoms. The number of hydrogen-bond acceptors (Lipinski definition) is 2. The minimum atomic E-state index is -2.63. The summed E-state index contributed by atoms with van der Waals surface area (Å²) in [7, 11) is 0. The Hall–Kier alpha value is -1.95. The van der Waals surface area contributed by atoms with Crippen LogP contribution < -0.4 is 5.32 Å². The zero-order valence-corrected chi connectivity index (χ0v) is 13.3. The van der Waals surface area contributed by atoms with Gasteiger partial charge in [-0.1, -0.05) is 17.7 Å². The fraction of sp³-hybridized carbons (Fsp3) is 0.375. The SMILES string of the molecule is Cc1ccc(Cl)cc1NC(=O)Cn1nc(C(F)F)cc1C1CC1. The number of alkyl halides is 2. The second kappa shape index (κ2) is 6.28. The van der Waals surface area contributed by atoms with E-state index in [4.69, 9.17) is 11.6 Å². The molecular weight excluding hydrogens is 324 g/mol. The predicted molar refractivity (Wildman–Crippen MR) is 84.0 cm³/mol. The van der Waals surface area contributed by atoms with Crippen LogP contribution >= 0.6 is 11.6 Å². The van der Waals surface area contributed by atoms with Crippen molar-refractivity contribution in [2.75, 3.05) is 5.32 Å². The summed E-state index contributed by atoms with van der Waals surface area (Å²) in [5.41, 5.74) is 1.91. The van der Waals surface area contributed by atoms with Crippen LogP contribution in [0.4, 0.5) is 14.5 Å². The van der Waals surface area contributed by atoms with Crippen molar-refractivity contribution in [1.29, 1.82) is 0 Å². The number of halogens is 3. The van der Waals surface area contributed by atoms with Gasteiger partial charge in [-0.2, -0.15) is 5.10 Å². The Morgan fingerprint density at radius 3 is 2.83 bits per heavy atom. The molecule has 0 radical (unpaired) electrons. The zero-order chi connectivity index (χ0) is 16.6. The van der Waals surface area contributed by atoms with E-state index in [9.17, 15) is 13.6 Å². The molecule has 2 aromatic rings. The quantitative estimate of drug-likeness (QED) is 0.882. The third kappa shape index (κ3) is 3.69. The van der Waals surface area contributed by atoms with Gasteiger partial charge in [0.05, 0.1) is 0 Å². The number of carbonyl (C=O) groups is 1. The highest BCUT2D eigenvalue weighted by Crippen LogP contribution is 2.41. The van der Waals surface area contributed by atoms with Crippen LogP contribution in [0, 0.1) is 6.92 Å². The summed E-state index contributed by atoms with van der Waals surface area (Å²) in [6, 6.07) is 6.60. The van der Waals surface area contributed by atoms with Gasteiger partial charge in [-0.3, -0.25) is 9.48 Å². The molecule has 122 valence electrons. The minimum Gasteiger partial charge on any atom is -0.324 e. The van der Waals surface area contributed by atoms with Crippen molar-refractivity contribution >= 4 is 23.2 Å². The van der Waals surface area contributed by atoms with E-state index in [1.165, 1.54) is 10.7 Å². The van der Waals surface area contributed by atoms with Gasteiger partial charge in [0.15, 0.2) is 0 Å². The first kappa shape index (κ1) is 15.9. The van der Waals surface area contributed by atoms with E-state index in [2.05, 4.69) is 10.4 Å². The number of nitrogens with one attached hydrogen (secondary N) is 1. The van der Waals surface area contributed by atoms with Gasteiger partial charge in [0.2, 0.25) is 5.91 Å². The molecule has 1 fully saturated rings.